The van der Waals surface area contributed by atoms with Crippen LogP contribution in [0.4, 0.5) is 0 Å². The monoisotopic (exact) mass is 230 g/mol. The van der Waals surface area contributed by atoms with E-state index in [0.717, 1.165) is 36.9 Å². The van der Waals surface area contributed by atoms with Crippen molar-refractivity contribution < 1.29 is 0 Å². The van der Waals surface area contributed by atoms with Crippen LogP contribution in [-0.2, 0) is 6.54 Å². The van der Waals surface area contributed by atoms with Crippen molar-refractivity contribution in [2.24, 2.45) is 5.92 Å². The van der Waals surface area contributed by atoms with Gasteiger partial charge in [-0.3, -0.25) is 4.98 Å². The van der Waals surface area contributed by atoms with Crippen molar-refractivity contribution in [2.45, 2.75) is 26.3 Å². The molecule has 0 radical (unpaired) electrons. The summed E-state index contributed by atoms with van der Waals surface area (Å²) in [6, 6.07) is 2.07. The van der Waals surface area contributed by atoms with Crippen LogP contribution in [0.15, 0.2) is 18.5 Å². The van der Waals surface area contributed by atoms with E-state index in [-0.39, 0.29) is 0 Å². The van der Waals surface area contributed by atoms with E-state index in [1.54, 1.807) is 0 Å². The molecule has 3 rings (SSSR count). The molecule has 0 aromatic carbocycles. The number of nitrogens with zero attached hydrogens (tertiary/aromatic N) is 3. The van der Waals surface area contributed by atoms with Crippen molar-refractivity contribution in [2.75, 3.05) is 13.1 Å². The van der Waals surface area contributed by atoms with E-state index in [0.29, 0.717) is 0 Å². The third-order valence-electron chi connectivity index (χ3n) is 3.64. The van der Waals surface area contributed by atoms with Gasteiger partial charge in [0.15, 0.2) is 0 Å². The highest BCUT2D eigenvalue weighted by molar-refractivity contribution is 5.74. The normalized spacial score (nSPS) is 17.7. The summed E-state index contributed by atoms with van der Waals surface area (Å²) in [6.07, 6.45) is 6.23. The fourth-order valence-electron chi connectivity index (χ4n) is 2.66. The van der Waals surface area contributed by atoms with Gasteiger partial charge in [-0.2, -0.15) is 0 Å². The Morgan fingerprint density at radius 2 is 2.24 bits per heavy atom. The first-order chi connectivity index (χ1) is 8.34. The van der Waals surface area contributed by atoms with Gasteiger partial charge in [-0.05, 0) is 44.8 Å². The van der Waals surface area contributed by atoms with E-state index < -0.39 is 0 Å². The van der Waals surface area contributed by atoms with Crippen molar-refractivity contribution >= 4 is 11.0 Å². The van der Waals surface area contributed by atoms with E-state index in [1.807, 2.05) is 12.4 Å². The molecular weight excluding hydrogens is 212 g/mol. The molecule has 0 spiro atoms. The van der Waals surface area contributed by atoms with Gasteiger partial charge in [0.05, 0.1) is 11.7 Å². The molecule has 1 N–H and O–H groups in total. The predicted octanol–water partition coefficient (Wildman–Crippen LogP) is 1.74. The first-order valence-corrected chi connectivity index (χ1v) is 6.32. The zero-order valence-corrected chi connectivity index (χ0v) is 10.2. The number of hydrogen-bond donors (Lipinski definition) is 1. The van der Waals surface area contributed by atoms with Gasteiger partial charge in [0.2, 0.25) is 0 Å². The number of aromatic nitrogens is 3. The highest BCUT2D eigenvalue weighted by atomic mass is 15.1. The van der Waals surface area contributed by atoms with E-state index in [4.69, 9.17) is 0 Å². The molecule has 1 aliphatic heterocycles. The van der Waals surface area contributed by atoms with E-state index >= 15 is 0 Å². The van der Waals surface area contributed by atoms with E-state index in [1.165, 1.54) is 18.4 Å². The third kappa shape index (κ3) is 2.05. The molecule has 17 heavy (non-hydrogen) atoms. The Labute approximate surface area is 101 Å². The summed E-state index contributed by atoms with van der Waals surface area (Å²) in [5, 5.41) is 3.41. The molecule has 1 aliphatic rings. The molecule has 90 valence electrons. The van der Waals surface area contributed by atoms with Gasteiger partial charge in [-0.15, -0.1) is 0 Å². The lowest BCUT2D eigenvalue weighted by atomic mass is 9.98. The second-order valence-corrected chi connectivity index (χ2v) is 4.83. The Morgan fingerprint density at radius 1 is 1.41 bits per heavy atom. The minimum absolute atomic E-state index is 0.778. The summed E-state index contributed by atoms with van der Waals surface area (Å²) in [4.78, 5) is 8.69. The van der Waals surface area contributed by atoms with E-state index in [2.05, 4.69) is 32.8 Å². The Bertz CT molecular complexity index is 511. The Morgan fingerprint density at radius 3 is 3.06 bits per heavy atom. The van der Waals surface area contributed by atoms with Gasteiger partial charge in [-0.25, -0.2) is 4.98 Å². The maximum absolute atomic E-state index is 4.56. The van der Waals surface area contributed by atoms with Gasteiger partial charge in [0.25, 0.3) is 0 Å². The zero-order valence-electron chi connectivity index (χ0n) is 10.2. The van der Waals surface area contributed by atoms with Crippen molar-refractivity contribution in [3.63, 3.8) is 0 Å². The zero-order chi connectivity index (χ0) is 11.7. The van der Waals surface area contributed by atoms with Crippen LogP contribution in [0.5, 0.6) is 0 Å². The lowest BCUT2D eigenvalue weighted by Gasteiger charge is -2.23. The Balaban J connectivity index is 1.90. The quantitative estimate of drug-likeness (QED) is 0.854. The molecule has 1 saturated heterocycles. The van der Waals surface area contributed by atoms with Crippen LogP contribution in [0.1, 0.15) is 18.7 Å². The van der Waals surface area contributed by atoms with Gasteiger partial charge < -0.3 is 9.88 Å². The molecular formula is C13H18N4. The maximum Gasteiger partial charge on any atom is 0.107 e. The molecule has 0 amide bonds. The molecule has 2 aromatic rings. The summed E-state index contributed by atoms with van der Waals surface area (Å²) in [6.45, 7) is 5.48. The van der Waals surface area contributed by atoms with Crippen molar-refractivity contribution in [1.29, 1.82) is 0 Å². The van der Waals surface area contributed by atoms with Crippen molar-refractivity contribution in [3.05, 3.63) is 24.3 Å². The number of fused-ring (bicyclic) bond motifs is 1. The molecule has 2 aromatic heterocycles. The number of hydrogen-bond acceptors (Lipinski definition) is 3. The lowest BCUT2D eigenvalue weighted by molar-refractivity contribution is 0.334. The van der Waals surface area contributed by atoms with Crippen molar-refractivity contribution in [3.8, 4) is 0 Å². The minimum atomic E-state index is 0.778. The standard InChI is InChI=1S/C13H18N4/c1-10-16-12-8-15-7-4-13(12)17(10)9-11-2-5-14-6-3-11/h4,7-8,11,14H,2-3,5-6,9H2,1H3. The Hall–Kier alpha value is -1.42. The van der Waals surface area contributed by atoms with Crippen LogP contribution < -0.4 is 5.32 Å². The van der Waals surface area contributed by atoms with Crippen LogP contribution >= 0.6 is 0 Å². The van der Waals surface area contributed by atoms with Crippen LogP contribution in [0.2, 0.25) is 0 Å². The predicted molar refractivity (Wildman–Crippen MR) is 67.9 cm³/mol. The fraction of sp³-hybridized carbons (Fsp3) is 0.538. The fourth-order valence-corrected chi connectivity index (χ4v) is 2.66. The number of rotatable bonds is 2. The van der Waals surface area contributed by atoms with E-state index in [9.17, 15) is 0 Å². The largest absolute Gasteiger partial charge is 0.328 e. The van der Waals surface area contributed by atoms with Crippen LogP contribution in [0.25, 0.3) is 11.0 Å². The molecule has 0 bridgehead atoms. The van der Waals surface area contributed by atoms with Gasteiger partial charge in [-0.1, -0.05) is 0 Å². The molecule has 0 aliphatic carbocycles. The van der Waals surface area contributed by atoms with Gasteiger partial charge in [0.1, 0.15) is 11.3 Å². The summed E-state index contributed by atoms with van der Waals surface area (Å²) in [7, 11) is 0. The highest BCUT2D eigenvalue weighted by Gasteiger charge is 2.16. The first-order valence-electron chi connectivity index (χ1n) is 6.32. The smallest absolute Gasteiger partial charge is 0.107 e. The molecule has 0 unspecified atom stereocenters. The Kier molecular flexibility index (Phi) is 2.81. The van der Waals surface area contributed by atoms with Gasteiger partial charge >= 0.3 is 0 Å². The third-order valence-corrected chi connectivity index (χ3v) is 3.64. The average molecular weight is 230 g/mol. The van der Waals surface area contributed by atoms with Crippen LogP contribution in [0.3, 0.4) is 0 Å². The summed E-state index contributed by atoms with van der Waals surface area (Å²) in [5.41, 5.74) is 2.23. The van der Waals surface area contributed by atoms with Gasteiger partial charge in [0, 0.05) is 12.7 Å². The van der Waals surface area contributed by atoms with Crippen LogP contribution in [-0.4, -0.2) is 27.6 Å². The molecule has 4 heteroatoms. The first kappa shape index (κ1) is 10.7. The maximum atomic E-state index is 4.56. The molecule has 0 atom stereocenters. The second kappa shape index (κ2) is 4.45. The molecule has 4 nitrogen and oxygen atoms in total. The number of aryl methyl sites for hydroxylation is 1. The number of piperidine rings is 1. The highest BCUT2D eigenvalue weighted by Crippen LogP contribution is 2.20. The molecule has 1 fully saturated rings. The summed E-state index contributed by atoms with van der Waals surface area (Å²) >= 11 is 0. The number of nitrogens with one attached hydrogen (secondary N) is 1. The average Bonchev–Trinajstić information content (AvgIpc) is 2.68. The van der Waals surface area contributed by atoms with Crippen molar-refractivity contribution in [1.82, 2.24) is 19.9 Å². The molecule has 0 saturated carbocycles. The van der Waals surface area contributed by atoms with Crippen LogP contribution in [0, 0.1) is 12.8 Å². The summed E-state index contributed by atoms with van der Waals surface area (Å²) < 4.78 is 2.34. The minimum Gasteiger partial charge on any atom is -0.328 e. The SMILES string of the molecule is Cc1nc2cnccc2n1CC1CCNCC1. The summed E-state index contributed by atoms with van der Waals surface area (Å²) in [5.74, 6) is 1.88. The number of imidazole rings is 1. The second-order valence-electron chi connectivity index (χ2n) is 4.83. The molecule has 3 heterocycles. The lowest BCUT2D eigenvalue weighted by Crippen LogP contribution is -2.30. The number of pyridine rings is 1. The topological polar surface area (TPSA) is 42.7 Å².